The van der Waals surface area contributed by atoms with Crippen LogP contribution >= 0.6 is 0 Å². The quantitative estimate of drug-likeness (QED) is 0.495. The Labute approximate surface area is 86.6 Å². The Morgan fingerprint density at radius 2 is 1.79 bits per heavy atom. The molecule has 1 fully saturated rings. The molecule has 0 atom stereocenters. The third kappa shape index (κ3) is 4.07. The topological polar surface area (TPSA) is 56.4 Å². The highest BCUT2D eigenvalue weighted by atomic mass is 15.3. The maximum absolute atomic E-state index is 7.12. The normalized spacial score (nSPS) is 19.8. The zero-order valence-electron chi connectivity index (χ0n) is 9.13. The molecule has 0 aromatic carbocycles. The van der Waals surface area contributed by atoms with Crippen LogP contribution in [0.1, 0.15) is 19.8 Å². The maximum Gasteiger partial charge on any atom is 0.0905 e. The smallest absolute Gasteiger partial charge is 0.0905 e. The van der Waals surface area contributed by atoms with Gasteiger partial charge in [-0.05, 0) is 19.5 Å². The van der Waals surface area contributed by atoms with E-state index in [2.05, 4.69) is 16.7 Å². The first-order chi connectivity index (χ1) is 6.72. The van der Waals surface area contributed by atoms with Crippen molar-refractivity contribution in [2.75, 3.05) is 39.3 Å². The molecule has 0 unspecified atom stereocenters. The first-order valence-corrected chi connectivity index (χ1v) is 5.50. The summed E-state index contributed by atoms with van der Waals surface area (Å²) in [7, 11) is 0. The SMILES string of the molecule is CCN1CCN(CCCC(=N)N)CC1. The molecule has 1 heterocycles. The fourth-order valence-electron chi connectivity index (χ4n) is 1.82. The number of hydrogen-bond donors (Lipinski definition) is 2. The van der Waals surface area contributed by atoms with Crippen LogP contribution in [-0.4, -0.2) is 54.9 Å². The average Bonchev–Trinajstić information content (AvgIpc) is 2.18. The van der Waals surface area contributed by atoms with Gasteiger partial charge in [-0.1, -0.05) is 6.92 Å². The minimum absolute atomic E-state index is 0.317. The Morgan fingerprint density at radius 1 is 1.21 bits per heavy atom. The standard InChI is InChI=1S/C10H22N4/c1-2-13-6-8-14(9-7-13)5-3-4-10(11)12/h2-9H2,1H3,(H3,11,12). The van der Waals surface area contributed by atoms with Gasteiger partial charge in [0, 0.05) is 32.6 Å². The van der Waals surface area contributed by atoms with Crippen molar-refractivity contribution in [3.63, 3.8) is 0 Å². The molecule has 0 amide bonds. The number of nitrogens with zero attached hydrogens (tertiary/aromatic N) is 2. The van der Waals surface area contributed by atoms with Gasteiger partial charge in [0.2, 0.25) is 0 Å². The first kappa shape index (κ1) is 11.5. The summed E-state index contributed by atoms with van der Waals surface area (Å²) in [5, 5.41) is 7.12. The Bertz CT molecular complexity index is 173. The number of piperazine rings is 1. The molecule has 0 radical (unpaired) electrons. The van der Waals surface area contributed by atoms with E-state index in [0.29, 0.717) is 5.84 Å². The molecule has 0 spiro atoms. The molecular weight excluding hydrogens is 176 g/mol. The van der Waals surface area contributed by atoms with E-state index in [1.165, 1.54) is 32.7 Å². The van der Waals surface area contributed by atoms with Crippen molar-refractivity contribution in [3.8, 4) is 0 Å². The van der Waals surface area contributed by atoms with Crippen molar-refractivity contribution in [2.24, 2.45) is 5.73 Å². The highest BCUT2D eigenvalue weighted by molar-refractivity contribution is 5.76. The Kier molecular flexibility index (Phi) is 4.90. The molecule has 0 aromatic rings. The van der Waals surface area contributed by atoms with Crippen molar-refractivity contribution in [1.29, 1.82) is 5.41 Å². The van der Waals surface area contributed by atoms with Gasteiger partial charge in [-0.2, -0.15) is 0 Å². The van der Waals surface area contributed by atoms with Crippen molar-refractivity contribution in [3.05, 3.63) is 0 Å². The molecule has 1 aliphatic heterocycles. The fraction of sp³-hybridized carbons (Fsp3) is 0.900. The molecule has 1 saturated heterocycles. The van der Waals surface area contributed by atoms with Gasteiger partial charge in [-0.25, -0.2) is 0 Å². The molecule has 4 nitrogen and oxygen atoms in total. The van der Waals surface area contributed by atoms with Crippen LogP contribution in [0.5, 0.6) is 0 Å². The van der Waals surface area contributed by atoms with E-state index >= 15 is 0 Å². The van der Waals surface area contributed by atoms with E-state index in [1.54, 1.807) is 0 Å². The van der Waals surface area contributed by atoms with E-state index < -0.39 is 0 Å². The molecule has 3 N–H and O–H groups in total. The second kappa shape index (κ2) is 5.98. The van der Waals surface area contributed by atoms with Crippen LogP contribution in [0.4, 0.5) is 0 Å². The fourth-order valence-corrected chi connectivity index (χ4v) is 1.82. The minimum Gasteiger partial charge on any atom is -0.388 e. The van der Waals surface area contributed by atoms with Crippen LogP contribution in [-0.2, 0) is 0 Å². The van der Waals surface area contributed by atoms with Gasteiger partial charge in [0.05, 0.1) is 5.84 Å². The Morgan fingerprint density at radius 3 is 2.29 bits per heavy atom. The lowest BCUT2D eigenvalue weighted by Crippen LogP contribution is -2.46. The number of nitrogens with two attached hydrogens (primary N) is 1. The highest BCUT2D eigenvalue weighted by Crippen LogP contribution is 2.02. The third-order valence-corrected chi connectivity index (χ3v) is 2.83. The maximum atomic E-state index is 7.12. The van der Waals surface area contributed by atoms with Crippen molar-refractivity contribution < 1.29 is 0 Å². The predicted molar refractivity (Wildman–Crippen MR) is 59.7 cm³/mol. The summed E-state index contributed by atoms with van der Waals surface area (Å²) < 4.78 is 0. The second-order valence-corrected chi connectivity index (χ2v) is 3.90. The number of rotatable bonds is 5. The van der Waals surface area contributed by atoms with E-state index in [4.69, 9.17) is 11.1 Å². The third-order valence-electron chi connectivity index (χ3n) is 2.83. The summed E-state index contributed by atoms with van der Waals surface area (Å²) in [6.07, 6.45) is 1.77. The van der Waals surface area contributed by atoms with Crippen LogP contribution in [0.25, 0.3) is 0 Å². The zero-order valence-corrected chi connectivity index (χ0v) is 9.13. The summed E-state index contributed by atoms with van der Waals surface area (Å²) in [6.45, 7) is 9.20. The molecule has 82 valence electrons. The minimum atomic E-state index is 0.317. The molecule has 0 aromatic heterocycles. The van der Waals surface area contributed by atoms with Crippen LogP contribution in [0.3, 0.4) is 0 Å². The lowest BCUT2D eigenvalue weighted by molar-refractivity contribution is 0.137. The van der Waals surface area contributed by atoms with Crippen LogP contribution < -0.4 is 5.73 Å². The van der Waals surface area contributed by atoms with E-state index in [1.807, 2.05) is 0 Å². The van der Waals surface area contributed by atoms with Gasteiger partial charge in [0.15, 0.2) is 0 Å². The van der Waals surface area contributed by atoms with Crippen molar-refractivity contribution in [1.82, 2.24) is 9.80 Å². The lowest BCUT2D eigenvalue weighted by Gasteiger charge is -2.33. The summed E-state index contributed by atoms with van der Waals surface area (Å²) in [6, 6.07) is 0. The van der Waals surface area contributed by atoms with Crippen molar-refractivity contribution >= 4 is 5.84 Å². The second-order valence-electron chi connectivity index (χ2n) is 3.90. The van der Waals surface area contributed by atoms with Crippen LogP contribution in [0.2, 0.25) is 0 Å². The van der Waals surface area contributed by atoms with Gasteiger partial charge in [0.25, 0.3) is 0 Å². The lowest BCUT2D eigenvalue weighted by atomic mass is 10.2. The summed E-state index contributed by atoms with van der Waals surface area (Å²) >= 11 is 0. The molecular formula is C10H22N4. The monoisotopic (exact) mass is 198 g/mol. The summed E-state index contributed by atoms with van der Waals surface area (Å²) in [4.78, 5) is 4.94. The average molecular weight is 198 g/mol. The molecule has 4 heteroatoms. The molecule has 0 bridgehead atoms. The molecule has 14 heavy (non-hydrogen) atoms. The Balaban J connectivity index is 2.07. The van der Waals surface area contributed by atoms with E-state index in [0.717, 1.165) is 19.4 Å². The van der Waals surface area contributed by atoms with Gasteiger partial charge in [-0.15, -0.1) is 0 Å². The first-order valence-electron chi connectivity index (χ1n) is 5.50. The highest BCUT2D eigenvalue weighted by Gasteiger charge is 2.14. The van der Waals surface area contributed by atoms with Crippen LogP contribution in [0.15, 0.2) is 0 Å². The molecule has 0 aliphatic carbocycles. The number of nitrogens with one attached hydrogen (secondary N) is 1. The number of amidine groups is 1. The van der Waals surface area contributed by atoms with Crippen LogP contribution in [0, 0.1) is 5.41 Å². The van der Waals surface area contributed by atoms with E-state index in [-0.39, 0.29) is 0 Å². The number of hydrogen-bond acceptors (Lipinski definition) is 3. The van der Waals surface area contributed by atoms with Gasteiger partial charge in [0.1, 0.15) is 0 Å². The predicted octanol–water partition coefficient (Wildman–Crippen LogP) is 0.340. The molecule has 1 aliphatic rings. The van der Waals surface area contributed by atoms with E-state index in [9.17, 15) is 0 Å². The van der Waals surface area contributed by atoms with Gasteiger partial charge >= 0.3 is 0 Å². The van der Waals surface area contributed by atoms with Gasteiger partial charge in [-0.3, -0.25) is 5.41 Å². The van der Waals surface area contributed by atoms with Crippen molar-refractivity contribution in [2.45, 2.75) is 19.8 Å². The summed E-state index contributed by atoms with van der Waals surface area (Å²) in [5.74, 6) is 0.317. The largest absolute Gasteiger partial charge is 0.388 e. The summed E-state index contributed by atoms with van der Waals surface area (Å²) in [5.41, 5.74) is 5.31. The Hall–Kier alpha value is -0.610. The number of likely N-dealkylation sites (N-methyl/N-ethyl adjacent to an activating group) is 1. The van der Waals surface area contributed by atoms with Gasteiger partial charge < -0.3 is 15.5 Å². The molecule has 0 saturated carbocycles. The zero-order chi connectivity index (χ0) is 10.4. The molecule has 1 rings (SSSR count).